The van der Waals surface area contributed by atoms with Crippen molar-refractivity contribution in [2.75, 3.05) is 6.61 Å². The molecule has 0 unspecified atom stereocenters. The van der Waals surface area contributed by atoms with Crippen molar-refractivity contribution in [1.29, 1.82) is 0 Å². The maximum Gasteiger partial charge on any atom is 0.248 e. The van der Waals surface area contributed by atoms with Gasteiger partial charge in [0.25, 0.3) is 0 Å². The Bertz CT molecular complexity index is 315. The molecule has 0 saturated heterocycles. The Labute approximate surface area is 81.8 Å². The van der Waals surface area contributed by atoms with Gasteiger partial charge in [0.05, 0.1) is 13.0 Å². The molecule has 76 valence electrons. The fourth-order valence-corrected chi connectivity index (χ4v) is 1.00. The van der Waals surface area contributed by atoms with Crippen LogP contribution in [0.3, 0.4) is 0 Å². The Morgan fingerprint density at radius 3 is 2.86 bits per heavy atom. The average molecular weight is 197 g/mol. The number of rotatable bonds is 4. The first-order valence-electron chi connectivity index (χ1n) is 4.38. The number of benzene rings is 1. The first-order chi connectivity index (χ1) is 6.74. The molecule has 1 aromatic carbocycles. The second-order valence-electron chi connectivity index (χ2n) is 2.73. The molecule has 14 heavy (non-hydrogen) atoms. The quantitative estimate of drug-likeness (QED) is 0.741. The van der Waals surface area contributed by atoms with Crippen molar-refractivity contribution in [3.05, 3.63) is 35.6 Å². The third-order valence-electron chi connectivity index (χ3n) is 1.64. The van der Waals surface area contributed by atoms with E-state index in [0.717, 1.165) is 0 Å². The summed E-state index contributed by atoms with van der Waals surface area (Å²) in [4.78, 5) is 15.8. The lowest BCUT2D eigenvalue weighted by Crippen LogP contribution is -2.25. The summed E-state index contributed by atoms with van der Waals surface area (Å²) in [6, 6.07) is 6.16. The Balaban J connectivity index is 2.52. The molecule has 0 aliphatic rings. The maximum absolute atomic E-state index is 13.1. The van der Waals surface area contributed by atoms with E-state index in [-0.39, 0.29) is 18.1 Å². The van der Waals surface area contributed by atoms with Crippen LogP contribution in [0.25, 0.3) is 0 Å². The molecule has 1 amide bonds. The van der Waals surface area contributed by atoms with Gasteiger partial charge < -0.3 is 0 Å². The summed E-state index contributed by atoms with van der Waals surface area (Å²) in [7, 11) is 0. The maximum atomic E-state index is 13.1. The highest BCUT2D eigenvalue weighted by Gasteiger charge is 2.06. The van der Waals surface area contributed by atoms with E-state index >= 15 is 0 Å². The van der Waals surface area contributed by atoms with Crippen molar-refractivity contribution in [1.82, 2.24) is 5.48 Å². The van der Waals surface area contributed by atoms with Crippen molar-refractivity contribution in [3.8, 4) is 0 Å². The molecule has 0 bridgehead atoms. The lowest BCUT2D eigenvalue weighted by Gasteiger charge is -2.04. The van der Waals surface area contributed by atoms with Crippen LogP contribution in [0.15, 0.2) is 24.3 Å². The van der Waals surface area contributed by atoms with Gasteiger partial charge in [-0.2, -0.15) is 0 Å². The number of hydroxylamine groups is 1. The van der Waals surface area contributed by atoms with Gasteiger partial charge in [0, 0.05) is 0 Å². The van der Waals surface area contributed by atoms with Gasteiger partial charge in [-0.15, -0.1) is 0 Å². The molecule has 1 rings (SSSR count). The Morgan fingerprint density at radius 1 is 1.50 bits per heavy atom. The largest absolute Gasteiger partial charge is 0.274 e. The fourth-order valence-electron chi connectivity index (χ4n) is 1.00. The molecule has 1 aromatic rings. The van der Waals surface area contributed by atoms with Gasteiger partial charge in [-0.1, -0.05) is 18.2 Å². The van der Waals surface area contributed by atoms with Crippen LogP contribution in [-0.2, 0) is 16.1 Å². The minimum Gasteiger partial charge on any atom is -0.274 e. The van der Waals surface area contributed by atoms with Crippen LogP contribution in [-0.4, -0.2) is 12.5 Å². The zero-order valence-electron chi connectivity index (χ0n) is 7.92. The smallest absolute Gasteiger partial charge is 0.248 e. The zero-order chi connectivity index (χ0) is 10.4. The first kappa shape index (κ1) is 10.7. The summed E-state index contributed by atoms with van der Waals surface area (Å²) in [6.07, 6.45) is -0.00727. The van der Waals surface area contributed by atoms with Crippen LogP contribution < -0.4 is 5.48 Å². The van der Waals surface area contributed by atoms with E-state index < -0.39 is 0 Å². The summed E-state index contributed by atoms with van der Waals surface area (Å²) >= 11 is 0. The molecule has 0 aliphatic heterocycles. The molecule has 0 spiro atoms. The Kier molecular flexibility index (Phi) is 4.07. The van der Waals surface area contributed by atoms with Crippen LogP contribution in [0.5, 0.6) is 0 Å². The normalized spacial score (nSPS) is 9.86. The van der Waals surface area contributed by atoms with Crippen LogP contribution in [0.2, 0.25) is 0 Å². The van der Waals surface area contributed by atoms with Crippen molar-refractivity contribution in [2.45, 2.75) is 13.3 Å². The number of halogens is 1. The lowest BCUT2D eigenvalue weighted by atomic mass is 10.1. The van der Waals surface area contributed by atoms with Crippen molar-refractivity contribution in [2.24, 2.45) is 0 Å². The Hall–Kier alpha value is -1.42. The summed E-state index contributed by atoms with van der Waals surface area (Å²) in [5.41, 5.74) is 2.57. The van der Waals surface area contributed by atoms with Crippen molar-refractivity contribution < 1.29 is 14.0 Å². The minimum atomic E-state index is -0.376. The van der Waals surface area contributed by atoms with Gasteiger partial charge in [-0.3, -0.25) is 9.63 Å². The molecule has 0 radical (unpaired) electrons. The van der Waals surface area contributed by atoms with E-state index in [4.69, 9.17) is 0 Å². The van der Waals surface area contributed by atoms with Gasteiger partial charge in [0.15, 0.2) is 0 Å². The predicted molar refractivity (Wildman–Crippen MR) is 49.9 cm³/mol. The van der Waals surface area contributed by atoms with E-state index in [9.17, 15) is 9.18 Å². The van der Waals surface area contributed by atoms with Gasteiger partial charge in [0.1, 0.15) is 5.82 Å². The minimum absolute atomic E-state index is 0.00727. The summed E-state index contributed by atoms with van der Waals surface area (Å²) < 4.78 is 13.1. The number of carbonyl (C=O) groups is 1. The molecule has 0 heterocycles. The van der Waals surface area contributed by atoms with Gasteiger partial charge in [-0.25, -0.2) is 9.87 Å². The molecule has 0 fully saturated rings. The van der Waals surface area contributed by atoms with Crippen LogP contribution >= 0.6 is 0 Å². The summed E-state index contributed by atoms with van der Waals surface area (Å²) in [6.45, 7) is 2.15. The number of hydrogen-bond acceptors (Lipinski definition) is 2. The molecule has 1 N–H and O–H groups in total. The van der Waals surface area contributed by atoms with E-state index in [0.29, 0.717) is 12.2 Å². The van der Waals surface area contributed by atoms with E-state index in [2.05, 4.69) is 10.3 Å². The average Bonchev–Trinajstić information content (AvgIpc) is 2.18. The number of hydrogen-bond donors (Lipinski definition) is 1. The van der Waals surface area contributed by atoms with E-state index in [1.165, 1.54) is 6.07 Å². The van der Waals surface area contributed by atoms with Crippen molar-refractivity contribution in [3.63, 3.8) is 0 Å². The summed E-state index contributed by atoms with van der Waals surface area (Å²) in [5, 5.41) is 0. The molecular weight excluding hydrogens is 185 g/mol. The Morgan fingerprint density at radius 2 is 2.21 bits per heavy atom. The predicted octanol–water partition coefficient (Wildman–Crippen LogP) is 1.44. The molecular formula is C10H12FNO2. The van der Waals surface area contributed by atoms with Gasteiger partial charge >= 0.3 is 0 Å². The monoisotopic (exact) mass is 197 g/mol. The van der Waals surface area contributed by atoms with Crippen molar-refractivity contribution >= 4 is 5.91 Å². The third-order valence-corrected chi connectivity index (χ3v) is 1.64. The number of carbonyl (C=O) groups excluding carboxylic acids is 1. The molecule has 0 aliphatic carbocycles. The highest BCUT2D eigenvalue weighted by Crippen LogP contribution is 2.06. The molecule has 0 saturated carbocycles. The molecule has 0 atom stereocenters. The molecule has 3 nitrogen and oxygen atoms in total. The van der Waals surface area contributed by atoms with Gasteiger partial charge in [-0.05, 0) is 18.6 Å². The number of amides is 1. The highest BCUT2D eigenvalue weighted by molar-refractivity contribution is 5.77. The van der Waals surface area contributed by atoms with Crippen LogP contribution in [0.4, 0.5) is 4.39 Å². The standard InChI is InChI=1S/C10H12FNO2/c1-2-14-12-10(13)7-8-5-3-4-6-9(8)11/h3-6H,2,7H2,1H3,(H,12,13). The highest BCUT2D eigenvalue weighted by atomic mass is 19.1. The second-order valence-corrected chi connectivity index (χ2v) is 2.73. The first-order valence-corrected chi connectivity index (χ1v) is 4.38. The second kappa shape index (κ2) is 5.34. The van der Waals surface area contributed by atoms with Gasteiger partial charge in [0.2, 0.25) is 5.91 Å². The third kappa shape index (κ3) is 3.14. The zero-order valence-corrected chi connectivity index (χ0v) is 7.92. The van der Waals surface area contributed by atoms with E-state index in [1.54, 1.807) is 25.1 Å². The van der Waals surface area contributed by atoms with E-state index in [1.807, 2.05) is 0 Å². The molecule has 4 heteroatoms. The fraction of sp³-hybridized carbons (Fsp3) is 0.300. The molecule has 0 aromatic heterocycles. The lowest BCUT2D eigenvalue weighted by molar-refractivity contribution is -0.132. The number of nitrogens with one attached hydrogen (secondary N) is 1. The van der Waals surface area contributed by atoms with Crippen LogP contribution in [0, 0.1) is 5.82 Å². The SMILES string of the molecule is CCONC(=O)Cc1ccccc1F. The summed E-state index contributed by atoms with van der Waals surface area (Å²) in [5.74, 6) is -0.726. The topological polar surface area (TPSA) is 38.3 Å². The van der Waals surface area contributed by atoms with Crippen LogP contribution in [0.1, 0.15) is 12.5 Å².